The van der Waals surface area contributed by atoms with Crippen LogP contribution in [-0.2, 0) is 4.79 Å². The maximum absolute atomic E-state index is 11.4. The summed E-state index contributed by atoms with van der Waals surface area (Å²) in [5.74, 6) is 0.618. The first-order valence-corrected chi connectivity index (χ1v) is 4.16. The topological polar surface area (TPSA) is 17.1 Å². The molecule has 0 spiro atoms. The predicted molar refractivity (Wildman–Crippen MR) is 46.3 cm³/mol. The van der Waals surface area contributed by atoms with Gasteiger partial charge in [-0.2, -0.15) is 0 Å². The molecule has 0 aliphatic heterocycles. The van der Waals surface area contributed by atoms with E-state index < -0.39 is 0 Å². The van der Waals surface area contributed by atoms with E-state index in [1.165, 1.54) is 0 Å². The molecule has 0 aromatic carbocycles. The normalized spacial score (nSPS) is 18.1. The molecular weight excluding hydrogens is 136 g/mol. The van der Waals surface area contributed by atoms with E-state index in [0.717, 1.165) is 24.8 Å². The molecule has 0 aromatic rings. The monoisotopic (exact) mass is 150 g/mol. The minimum atomic E-state index is 0.293. The average Bonchev–Trinajstić information content (AvgIpc) is 2.81. The lowest BCUT2D eigenvalue weighted by Crippen LogP contribution is -2.01. The van der Waals surface area contributed by atoms with Gasteiger partial charge in [-0.05, 0) is 19.3 Å². The first-order chi connectivity index (χ1) is 5.29. The predicted octanol–water partition coefficient (Wildman–Crippen LogP) is 2.49. The lowest BCUT2D eigenvalue weighted by atomic mass is 10.1. The van der Waals surface area contributed by atoms with Crippen LogP contribution in [-0.4, -0.2) is 5.78 Å². The summed E-state index contributed by atoms with van der Waals surface area (Å²) < 4.78 is 0. The number of hydrogen-bond acceptors (Lipinski definition) is 1. The molecule has 1 saturated carbocycles. The SMILES string of the molecule is C=C/C(=C\CC)C(=O)C1CC1. The largest absolute Gasteiger partial charge is 0.294 e. The van der Waals surface area contributed by atoms with Crippen molar-refractivity contribution in [1.82, 2.24) is 0 Å². The highest BCUT2D eigenvalue weighted by molar-refractivity contribution is 6.00. The van der Waals surface area contributed by atoms with Crippen LogP contribution in [0.4, 0.5) is 0 Å². The molecule has 0 amide bonds. The van der Waals surface area contributed by atoms with Crippen molar-refractivity contribution in [2.24, 2.45) is 5.92 Å². The zero-order chi connectivity index (χ0) is 8.27. The van der Waals surface area contributed by atoms with Crippen LogP contribution in [0.1, 0.15) is 26.2 Å². The van der Waals surface area contributed by atoms with Crippen molar-refractivity contribution in [2.45, 2.75) is 26.2 Å². The average molecular weight is 150 g/mol. The van der Waals surface area contributed by atoms with Crippen molar-refractivity contribution in [3.05, 3.63) is 24.3 Å². The molecule has 0 saturated heterocycles. The van der Waals surface area contributed by atoms with Crippen molar-refractivity contribution in [3.63, 3.8) is 0 Å². The third-order valence-corrected chi connectivity index (χ3v) is 1.88. The van der Waals surface area contributed by atoms with Crippen molar-refractivity contribution in [3.8, 4) is 0 Å². The van der Waals surface area contributed by atoms with E-state index in [1.807, 2.05) is 13.0 Å². The Morgan fingerprint density at radius 3 is 2.64 bits per heavy atom. The molecule has 0 heterocycles. The molecule has 1 aliphatic carbocycles. The molecule has 0 aromatic heterocycles. The fourth-order valence-electron chi connectivity index (χ4n) is 1.09. The molecule has 11 heavy (non-hydrogen) atoms. The second-order valence-electron chi connectivity index (χ2n) is 2.91. The smallest absolute Gasteiger partial charge is 0.165 e. The zero-order valence-corrected chi connectivity index (χ0v) is 6.97. The molecule has 0 radical (unpaired) electrons. The summed E-state index contributed by atoms with van der Waals surface area (Å²) >= 11 is 0. The molecule has 0 N–H and O–H groups in total. The second kappa shape index (κ2) is 3.51. The Hall–Kier alpha value is -0.850. The van der Waals surface area contributed by atoms with Crippen molar-refractivity contribution < 1.29 is 4.79 Å². The molecule has 60 valence electrons. The summed E-state index contributed by atoms with van der Waals surface area (Å²) in [5.41, 5.74) is 0.815. The van der Waals surface area contributed by atoms with Gasteiger partial charge in [-0.25, -0.2) is 0 Å². The van der Waals surface area contributed by atoms with Gasteiger partial charge in [-0.15, -0.1) is 0 Å². The van der Waals surface area contributed by atoms with E-state index in [-0.39, 0.29) is 0 Å². The van der Waals surface area contributed by atoms with Gasteiger partial charge in [0.15, 0.2) is 5.78 Å². The standard InChI is InChI=1S/C10H14O/c1-3-5-8(4-2)10(11)9-6-7-9/h4-5,9H,2-3,6-7H2,1H3/b8-5+. The van der Waals surface area contributed by atoms with Gasteiger partial charge < -0.3 is 0 Å². The van der Waals surface area contributed by atoms with Crippen LogP contribution in [0.15, 0.2) is 24.3 Å². The van der Waals surface area contributed by atoms with Crippen LogP contribution < -0.4 is 0 Å². The number of hydrogen-bond donors (Lipinski definition) is 0. The third kappa shape index (κ3) is 2.04. The van der Waals surface area contributed by atoms with Gasteiger partial charge in [0.05, 0.1) is 0 Å². The molecule has 0 atom stereocenters. The maximum atomic E-state index is 11.4. The van der Waals surface area contributed by atoms with E-state index >= 15 is 0 Å². The number of Topliss-reactive ketones (excluding diaryl/α,β-unsaturated/α-hetero) is 1. The lowest BCUT2D eigenvalue weighted by molar-refractivity contribution is -0.116. The lowest BCUT2D eigenvalue weighted by Gasteiger charge is -1.96. The van der Waals surface area contributed by atoms with Crippen LogP contribution >= 0.6 is 0 Å². The highest BCUT2D eigenvalue weighted by Crippen LogP contribution is 2.32. The van der Waals surface area contributed by atoms with Crippen molar-refractivity contribution in [1.29, 1.82) is 0 Å². The fraction of sp³-hybridized carbons (Fsp3) is 0.500. The summed E-state index contributed by atoms with van der Waals surface area (Å²) in [6.07, 6.45) is 6.69. The molecule has 1 fully saturated rings. The van der Waals surface area contributed by atoms with Crippen molar-refractivity contribution >= 4 is 5.78 Å². The second-order valence-corrected chi connectivity index (χ2v) is 2.91. The Labute approximate surface area is 67.8 Å². The molecule has 1 aliphatic rings. The Balaban J connectivity index is 2.59. The van der Waals surface area contributed by atoms with Crippen LogP contribution in [0.25, 0.3) is 0 Å². The fourth-order valence-corrected chi connectivity index (χ4v) is 1.09. The summed E-state index contributed by atoms with van der Waals surface area (Å²) in [5, 5.41) is 0. The van der Waals surface area contributed by atoms with Crippen LogP contribution in [0.2, 0.25) is 0 Å². The van der Waals surface area contributed by atoms with E-state index in [9.17, 15) is 4.79 Å². The summed E-state index contributed by atoms with van der Waals surface area (Å²) in [4.78, 5) is 11.4. The number of rotatable bonds is 4. The summed E-state index contributed by atoms with van der Waals surface area (Å²) in [7, 11) is 0. The van der Waals surface area contributed by atoms with Crippen LogP contribution in [0, 0.1) is 5.92 Å². The van der Waals surface area contributed by atoms with Gasteiger partial charge in [-0.3, -0.25) is 4.79 Å². The minimum Gasteiger partial charge on any atom is -0.294 e. The molecule has 0 unspecified atom stereocenters. The molecule has 0 bridgehead atoms. The summed E-state index contributed by atoms with van der Waals surface area (Å²) in [6.45, 7) is 5.65. The number of carbonyl (C=O) groups excluding carboxylic acids is 1. The molecular formula is C10H14O. The van der Waals surface area contributed by atoms with Gasteiger partial charge in [0.1, 0.15) is 0 Å². The summed E-state index contributed by atoms with van der Waals surface area (Å²) in [6, 6.07) is 0. The number of ketones is 1. The molecule has 1 rings (SSSR count). The first kappa shape index (κ1) is 8.25. The van der Waals surface area contributed by atoms with E-state index in [4.69, 9.17) is 0 Å². The number of carbonyl (C=O) groups is 1. The highest BCUT2D eigenvalue weighted by Gasteiger charge is 2.30. The van der Waals surface area contributed by atoms with Gasteiger partial charge in [-0.1, -0.05) is 25.7 Å². The van der Waals surface area contributed by atoms with Crippen LogP contribution in [0.3, 0.4) is 0 Å². The quantitative estimate of drug-likeness (QED) is 0.444. The van der Waals surface area contributed by atoms with E-state index in [1.54, 1.807) is 6.08 Å². The zero-order valence-electron chi connectivity index (χ0n) is 6.97. The van der Waals surface area contributed by atoms with Crippen molar-refractivity contribution in [2.75, 3.05) is 0 Å². The Morgan fingerprint density at radius 2 is 2.27 bits per heavy atom. The number of allylic oxidation sites excluding steroid dienone is 3. The van der Waals surface area contributed by atoms with E-state index in [2.05, 4.69) is 6.58 Å². The minimum absolute atomic E-state index is 0.293. The van der Waals surface area contributed by atoms with Gasteiger partial charge in [0.25, 0.3) is 0 Å². The highest BCUT2D eigenvalue weighted by atomic mass is 16.1. The molecule has 1 nitrogen and oxygen atoms in total. The van der Waals surface area contributed by atoms with Crippen LogP contribution in [0.5, 0.6) is 0 Å². The van der Waals surface area contributed by atoms with Gasteiger partial charge in [0, 0.05) is 11.5 Å². The third-order valence-electron chi connectivity index (χ3n) is 1.88. The molecule has 1 heteroatoms. The maximum Gasteiger partial charge on any atom is 0.165 e. The van der Waals surface area contributed by atoms with Gasteiger partial charge in [0.2, 0.25) is 0 Å². The van der Waals surface area contributed by atoms with Gasteiger partial charge >= 0.3 is 0 Å². The first-order valence-electron chi connectivity index (χ1n) is 4.16. The Bertz CT molecular complexity index is 197. The van der Waals surface area contributed by atoms with E-state index in [0.29, 0.717) is 11.7 Å². The Morgan fingerprint density at radius 1 is 1.64 bits per heavy atom. The Kier molecular flexibility index (Phi) is 2.64.